The van der Waals surface area contributed by atoms with Gasteiger partial charge in [0.1, 0.15) is 0 Å². The largest absolute Gasteiger partial charge is 0.440 e. The number of benzene rings is 2. The van der Waals surface area contributed by atoms with E-state index in [1.54, 1.807) is 26.0 Å². The van der Waals surface area contributed by atoms with Crippen LogP contribution in [0, 0.1) is 0 Å². The SMILES string of the molecule is CCOP(=O)(OCC)C1(c2ccccc2)OC(=O)CC1c1ccc(Br)cc1. The monoisotopic (exact) mass is 452 g/mol. The number of rotatable bonds is 7. The summed E-state index contributed by atoms with van der Waals surface area (Å²) in [4.78, 5) is 12.5. The minimum atomic E-state index is -3.85. The van der Waals surface area contributed by atoms with Crippen LogP contribution in [-0.4, -0.2) is 19.2 Å². The maximum Gasteiger partial charge on any atom is 0.379 e. The topological polar surface area (TPSA) is 61.8 Å². The number of ether oxygens (including phenoxy) is 1. The van der Waals surface area contributed by atoms with E-state index in [0.717, 1.165) is 10.0 Å². The van der Waals surface area contributed by atoms with Crippen LogP contribution in [0.25, 0.3) is 0 Å². The first-order valence-corrected chi connectivity index (χ1v) is 11.2. The van der Waals surface area contributed by atoms with Crippen molar-refractivity contribution >= 4 is 29.5 Å². The lowest BCUT2D eigenvalue weighted by Gasteiger charge is -2.38. The standard InChI is InChI=1S/C20H22BrO5P/c1-3-24-27(23,25-4-2)20(16-8-6-5-7-9-16)18(14-19(22)26-20)15-10-12-17(21)13-11-15/h5-13,18H,3-4,14H2,1-2H3. The lowest BCUT2D eigenvalue weighted by atomic mass is 9.88. The number of cyclic esters (lactones) is 1. The van der Waals surface area contributed by atoms with Crippen LogP contribution in [0.2, 0.25) is 0 Å². The summed E-state index contributed by atoms with van der Waals surface area (Å²) in [6, 6.07) is 16.7. The molecule has 1 fully saturated rings. The molecule has 1 aliphatic rings. The molecule has 3 rings (SSSR count). The third kappa shape index (κ3) is 3.64. The summed E-state index contributed by atoms with van der Waals surface area (Å²) in [5.74, 6) is -0.921. The van der Waals surface area contributed by atoms with Crippen LogP contribution in [0.1, 0.15) is 37.3 Å². The van der Waals surface area contributed by atoms with Crippen molar-refractivity contribution in [2.75, 3.05) is 13.2 Å². The molecule has 144 valence electrons. The van der Waals surface area contributed by atoms with Gasteiger partial charge in [-0.3, -0.25) is 9.36 Å². The van der Waals surface area contributed by atoms with Gasteiger partial charge < -0.3 is 13.8 Å². The second kappa shape index (κ2) is 8.27. The van der Waals surface area contributed by atoms with Crippen molar-refractivity contribution in [3.8, 4) is 0 Å². The van der Waals surface area contributed by atoms with Crippen molar-refractivity contribution in [1.82, 2.24) is 0 Å². The van der Waals surface area contributed by atoms with E-state index in [-0.39, 0.29) is 19.6 Å². The molecule has 2 aromatic carbocycles. The summed E-state index contributed by atoms with van der Waals surface area (Å²) < 4.78 is 32.1. The lowest BCUT2D eigenvalue weighted by molar-refractivity contribution is -0.145. The van der Waals surface area contributed by atoms with Crippen LogP contribution in [0.4, 0.5) is 0 Å². The average Bonchev–Trinajstić information content (AvgIpc) is 3.02. The Labute approximate surface area is 167 Å². The molecular weight excluding hydrogens is 431 g/mol. The summed E-state index contributed by atoms with van der Waals surface area (Å²) in [7, 11) is -3.85. The summed E-state index contributed by atoms with van der Waals surface area (Å²) in [5.41, 5.74) is 1.45. The summed E-state index contributed by atoms with van der Waals surface area (Å²) in [5, 5.41) is -1.52. The molecule has 0 aliphatic carbocycles. The molecule has 2 unspecified atom stereocenters. The molecule has 1 saturated heterocycles. The summed E-state index contributed by atoms with van der Waals surface area (Å²) in [6.45, 7) is 3.85. The third-order valence-electron chi connectivity index (χ3n) is 4.58. The van der Waals surface area contributed by atoms with Gasteiger partial charge in [0.15, 0.2) is 0 Å². The van der Waals surface area contributed by atoms with Gasteiger partial charge >= 0.3 is 13.6 Å². The van der Waals surface area contributed by atoms with Crippen molar-refractivity contribution in [1.29, 1.82) is 0 Å². The van der Waals surface area contributed by atoms with E-state index >= 15 is 0 Å². The van der Waals surface area contributed by atoms with E-state index in [9.17, 15) is 9.36 Å². The molecule has 0 amide bonds. The molecule has 0 saturated carbocycles. The van der Waals surface area contributed by atoms with Gasteiger partial charge in [-0.2, -0.15) is 0 Å². The third-order valence-corrected chi connectivity index (χ3v) is 7.78. The van der Waals surface area contributed by atoms with E-state index in [0.29, 0.717) is 5.56 Å². The molecule has 27 heavy (non-hydrogen) atoms. The van der Waals surface area contributed by atoms with Gasteiger partial charge in [0.25, 0.3) is 0 Å². The van der Waals surface area contributed by atoms with Crippen LogP contribution in [0.3, 0.4) is 0 Å². The molecule has 5 nitrogen and oxygen atoms in total. The second-order valence-electron chi connectivity index (χ2n) is 6.18. The van der Waals surface area contributed by atoms with Crippen LogP contribution >= 0.6 is 23.5 Å². The zero-order valence-electron chi connectivity index (χ0n) is 15.3. The molecule has 1 heterocycles. The van der Waals surface area contributed by atoms with Crippen LogP contribution < -0.4 is 0 Å². The predicted octanol–water partition coefficient (Wildman–Crippen LogP) is 5.60. The lowest BCUT2D eigenvalue weighted by Crippen LogP contribution is -2.33. The Morgan fingerprint density at radius 3 is 2.22 bits per heavy atom. The maximum atomic E-state index is 14.0. The van der Waals surface area contributed by atoms with E-state index in [2.05, 4.69) is 15.9 Å². The number of hydrogen-bond donors (Lipinski definition) is 0. The Kier molecular flexibility index (Phi) is 6.21. The Hall–Kier alpha value is -1.46. The molecule has 0 aromatic heterocycles. The van der Waals surface area contributed by atoms with Gasteiger partial charge in [-0.05, 0) is 31.5 Å². The molecule has 2 atom stereocenters. The quantitative estimate of drug-likeness (QED) is 0.404. The molecule has 0 bridgehead atoms. The zero-order valence-corrected chi connectivity index (χ0v) is 17.7. The van der Waals surface area contributed by atoms with Crippen molar-refractivity contribution in [2.24, 2.45) is 0 Å². The van der Waals surface area contributed by atoms with Crippen molar-refractivity contribution in [3.05, 3.63) is 70.2 Å². The number of halogens is 1. The first-order chi connectivity index (χ1) is 13.0. The number of hydrogen-bond acceptors (Lipinski definition) is 5. The maximum absolute atomic E-state index is 14.0. The van der Waals surface area contributed by atoms with Crippen molar-refractivity contribution in [2.45, 2.75) is 31.5 Å². The van der Waals surface area contributed by atoms with E-state index in [1.807, 2.05) is 42.5 Å². The highest BCUT2D eigenvalue weighted by Gasteiger charge is 2.65. The fraction of sp³-hybridized carbons (Fsp3) is 0.350. The number of carbonyl (C=O) groups is 1. The molecule has 0 N–H and O–H groups in total. The predicted molar refractivity (Wildman–Crippen MR) is 107 cm³/mol. The van der Waals surface area contributed by atoms with Gasteiger partial charge in [0.2, 0.25) is 5.34 Å². The van der Waals surface area contributed by atoms with Crippen LogP contribution in [0.5, 0.6) is 0 Å². The molecule has 2 aromatic rings. The minimum Gasteiger partial charge on any atom is -0.440 e. The fourth-order valence-electron chi connectivity index (χ4n) is 3.54. The summed E-state index contributed by atoms with van der Waals surface area (Å²) in [6.07, 6.45) is 0.0979. The van der Waals surface area contributed by atoms with Gasteiger partial charge in [-0.25, -0.2) is 0 Å². The molecule has 0 radical (unpaired) electrons. The smallest absolute Gasteiger partial charge is 0.379 e. The van der Waals surface area contributed by atoms with E-state index in [1.165, 1.54) is 0 Å². The van der Waals surface area contributed by atoms with Gasteiger partial charge in [-0.15, -0.1) is 0 Å². The normalized spacial score (nSPS) is 22.6. The second-order valence-corrected chi connectivity index (χ2v) is 9.27. The Morgan fingerprint density at radius 1 is 1.07 bits per heavy atom. The molecule has 1 aliphatic heterocycles. The van der Waals surface area contributed by atoms with Crippen LogP contribution in [-0.2, 0) is 28.5 Å². The number of carbonyl (C=O) groups excluding carboxylic acids is 1. The first kappa shape index (κ1) is 20.3. The van der Waals surface area contributed by atoms with E-state index in [4.69, 9.17) is 13.8 Å². The highest BCUT2D eigenvalue weighted by atomic mass is 79.9. The van der Waals surface area contributed by atoms with Crippen molar-refractivity contribution < 1.29 is 23.1 Å². The number of esters is 1. The Balaban J connectivity index is 2.26. The van der Waals surface area contributed by atoms with Crippen LogP contribution in [0.15, 0.2) is 59.1 Å². The first-order valence-electron chi connectivity index (χ1n) is 8.89. The van der Waals surface area contributed by atoms with Gasteiger partial charge in [0.05, 0.1) is 25.6 Å². The fourth-order valence-corrected chi connectivity index (χ4v) is 6.24. The van der Waals surface area contributed by atoms with Gasteiger partial charge in [0, 0.05) is 10.0 Å². The highest BCUT2D eigenvalue weighted by Crippen LogP contribution is 2.73. The van der Waals surface area contributed by atoms with Gasteiger partial charge in [-0.1, -0.05) is 58.4 Å². The summed E-state index contributed by atoms with van der Waals surface area (Å²) >= 11 is 3.43. The minimum absolute atomic E-state index is 0.0979. The molecular formula is C20H22BrO5P. The highest BCUT2D eigenvalue weighted by molar-refractivity contribution is 9.10. The molecule has 7 heteroatoms. The van der Waals surface area contributed by atoms with Crippen molar-refractivity contribution in [3.63, 3.8) is 0 Å². The zero-order chi connectivity index (χ0) is 19.5. The average molecular weight is 453 g/mol. The Morgan fingerprint density at radius 2 is 1.67 bits per heavy atom. The van der Waals surface area contributed by atoms with E-state index < -0.39 is 24.8 Å². The Bertz CT molecular complexity index is 829. The molecule has 0 spiro atoms.